The molecule has 5 nitrogen and oxygen atoms in total. The third kappa shape index (κ3) is 7.87. The van der Waals surface area contributed by atoms with Crippen LogP contribution in [0.4, 0.5) is 0 Å². The number of aliphatic hydroxyl groups excluding tert-OH is 2. The number of aliphatic carboxylic acids is 1. The van der Waals surface area contributed by atoms with Gasteiger partial charge in [-0.3, -0.25) is 4.79 Å². The first-order valence-electron chi connectivity index (χ1n) is 10.1. The first-order chi connectivity index (χ1) is 13.5. The highest BCUT2D eigenvalue weighted by Crippen LogP contribution is 2.36. The molecule has 28 heavy (non-hydrogen) atoms. The molecule has 0 saturated heterocycles. The predicted molar refractivity (Wildman–Crippen MR) is 109 cm³/mol. The van der Waals surface area contributed by atoms with E-state index in [-0.39, 0.29) is 31.0 Å². The summed E-state index contributed by atoms with van der Waals surface area (Å²) in [6, 6.07) is 7.72. The fourth-order valence-corrected chi connectivity index (χ4v) is 3.60. The zero-order valence-corrected chi connectivity index (χ0v) is 16.5. The second-order valence-corrected chi connectivity index (χ2v) is 7.55. The molecule has 1 aliphatic carbocycles. The Morgan fingerprint density at radius 1 is 1.32 bits per heavy atom. The van der Waals surface area contributed by atoms with Gasteiger partial charge >= 0.3 is 5.97 Å². The number of hydrogen-bond donors (Lipinski definition) is 3. The van der Waals surface area contributed by atoms with Gasteiger partial charge in [0.1, 0.15) is 18.5 Å². The molecule has 1 aromatic rings. The molecule has 2 rings (SSSR count). The Morgan fingerprint density at radius 2 is 2.14 bits per heavy atom. The molecule has 0 bridgehead atoms. The third-order valence-electron chi connectivity index (χ3n) is 5.17. The van der Waals surface area contributed by atoms with Gasteiger partial charge in [-0.1, -0.05) is 36.4 Å². The normalized spacial score (nSPS) is 23.5. The summed E-state index contributed by atoms with van der Waals surface area (Å²) in [4.78, 5) is 10.5. The molecule has 0 radical (unpaired) electrons. The van der Waals surface area contributed by atoms with Crippen molar-refractivity contribution in [3.05, 3.63) is 54.1 Å². The van der Waals surface area contributed by atoms with Gasteiger partial charge in [0.05, 0.1) is 6.10 Å². The number of aryl methyl sites for hydroxylation is 1. The van der Waals surface area contributed by atoms with Crippen LogP contribution in [-0.4, -0.2) is 40.1 Å². The second-order valence-electron chi connectivity index (χ2n) is 7.55. The standard InChI is InChI=1S/C23H32O5/c1-17-7-6-8-20(15-17)28-16-19(24)13-11-18-12-14-22(25)21(18)9-4-2-3-5-10-23(26)27/h2,4,6-8,11,13,15,18-19,21-22,24-25H,3,5,9-10,12,14,16H2,1H3,(H,26,27)/b4-2-,13-11+/t18?,19-,21-,22+/m1/s1. The molecule has 1 unspecified atom stereocenters. The first kappa shape index (κ1) is 22.2. The number of carbonyl (C=O) groups is 1. The van der Waals surface area contributed by atoms with E-state index in [0.717, 1.165) is 37.0 Å². The maximum Gasteiger partial charge on any atom is 0.303 e. The van der Waals surface area contributed by atoms with Crippen molar-refractivity contribution in [1.82, 2.24) is 0 Å². The number of ether oxygens (including phenoxy) is 1. The van der Waals surface area contributed by atoms with Crippen LogP contribution in [0.2, 0.25) is 0 Å². The number of allylic oxidation sites excluding steroid dienone is 3. The molecule has 0 aliphatic heterocycles. The lowest BCUT2D eigenvalue weighted by Gasteiger charge is -2.18. The minimum Gasteiger partial charge on any atom is -0.491 e. The quantitative estimate of drug-likeness (QED) is 0.396. The van der Waals surface area contributed by atoms with E-state index in [4.69, 9.17) is 9.84 Å². The number of carboxylic acids is 1. The Kier molecular flexibility index (Phi) is 9.24. The second kappa shape index (κ2) is 11.7. The lowest BCUT2D eigenvalue weighted by atomic mass is 9.90. The molecule has 1 aliphatic rings. The van der Waals surface area contributed by atoms with Gasteiger partial charge in [0, 0.05) is 6.42 Å². The van der Waals surface area contributed by atoms with E-state index in [1.807, 2.05) is 49.4 Å². The van der Waals surface area contributed by atoms with Crippen LogP contribution in [-0.2, 0) is 4.79 Å². The largest absolute Gasteiger partial charge is 0.491 e. The topological polar surface area (TPSA) is 87.0 Å². The molecule has 1 fully saturated rings. The van der Waals surface area contributed by atoms with Gasteiger partial charge in [-0.15, -0.1) is 0 Å². The van der Waals surface area contributed by atoms with Crippen LogP contribution in [0, 0.1) is 18.8 Å². The fourth-order valence-electron chi connectivity index (χ4n) is 3.60. The molecule has 0 heterocycles. The van der Waals surface area contributed by atoms with Crippen molar-refractivity contribution in [2.75, 3.05) is 6.61 Å². The zero-order chi connectivity index (χ0) is 20.4. The van der Waals surface area contributed by atoms with Gasteiger partial charge in [0.15, 0.2) is 0 Å². The SMILES string of the molecule is Cc1cccc(OC[C@H](O)/C=C/C2CC[C@H](O)[C@@H]2C/C=C\CCCC(=O)O)c1. The molecule has 0 spiro atoms. The molecule has 5 heteroatoms. The minimum absolute atomic E-state index is 0.136. The summed E-state index contributed by atoms with van der Waals surface area (Å²) in [7, 11) is 0. The van der Waals surface area contributed by atoms with Crippen LogP contribution in [0.5, 0.6) is 5.75 Å². The van der Waals surface area contributed by atoms with Crippen LogP contribution in [0.15, 0.2) is 48.6 Å². The molecule has 1 saturated carbocycles. The fraction of sp³-hybridized carbons (Fsp3) is 0.522. The predicted octanol–water partition coefficient (Wildman–Crippen LogP) is 3.88. The van der Waals surface area contributed by atoms with Crippen LogP contribution < -0.4 is 4.74 Å². The van der Waals surface area contributed by atoms with E-state index in [0.29, 0.717) is 6.42 Å². The molecular formula is C23H32O5. The molecule has 154 valence electrons. The maximum absolute atomic E-state index is 10.5. The average Bonchev–Trinajstić information content (AvgIpc) is 3.01. The number of carboxylic acid groups (broad SMARTS) is 1. The van der Waals surface area contributed by atoms with Gasteiger partial charge in [0.25, 0.3) is 0 Å². The highest BCUT2D eigenvalue weighted by molar-refractivity contribution is 5.66. The van der Waals surface area contributed by atoms with Gasteiger partial charge in [0.2, 0.25) is 0 Å². The summed E-state index contributed by atoms with van der Waals surface area (Å²) in [5.74, 6) is 0.341. The molecule has 4 atom stereocenters. The smallest absolute Gasteiger partial charge is 0.303 e. The first-order valence-corrected chi connectivity index (χ1v) is 10.1. The van der Waals surface area contributed by atoms with E-state index in [1.165, 1.54) is 0 Å². The Labute approximate surface area is 167 Å². The van der Waals surface area contributed by atoms with E-state index in [9.17, 15) is 15.0 Å². The van der Waals surface area contributed by atoms with Crippen molar-refractivity contribution in [1.29, 1.82) is 0 Å². The van der Waals surface area contributed by atoms with Crippen LogP contribution in [0.3, 0.4) is 0 Å². The van der Waals surface area contributed by atoms with Crippen molar-refractivity contribution < 1.29 is 24.9 Å². The maximum atomic E-state index is 10.5. The van der Waals surface area contributed by atoms with E-state index < -0.39 is 12.1 Å². The number of aliphatic hydroxyl groups is 2. The van der Waals surface area contributed by atoms with E-state index in [1.54, 1.807) is 6.08 Å². The van der Waals surface area contributed by atoms with Crippen molar-refractivity contribution in [2.45, 2.75) is 57.7 Å². The Morgan fingerprint density at radius 3 is 2.89 bits per heavy atom. The summed E-state index contributed by atoms with van der Waals surface area (Å²) in [5, 5.41) is 29.1. The molecule has 0 aromatic heterocycles. The van der Waals surface area contributed by atoms with Crippen LogP contribution in [0.1, 0.15) is 44.1 Å². The summed E-state index contributed by atoms with van der Waals surface area (Å²) in [6.07, 6.45) is 10.8. The monoisotopic (exact) mass is 388 g/mol. The summed E-state index contributed by atoms with van der Waals surface area (Å²) < 4.78 is 5.63. The number of benzene rings is 1. The van der Waals surface area contributed by atoms with Crippen LogP contribution in [0.25, 0.3) is 0 Å². The van der Waals surface area contributed by atoms with Gasteiger partial charge in [-0.2, -0.15) is 0 Å². The summed E-state index contributed by atoms with van der Waals surface area (Å²) >= 11 is 0. The number of hydrogen-bond acceptors (Lipinski definition) is 4. The third-order valence-corrected chi connectivity index (χ3v) is 5.17. The number of unbranched alkanes of at least 4 members (excludes halogenated alkanes) is 1. The highest BCUT2D eigenvalue weighted by Gasteiger charge is 2.32. The average molecular weight is 389 g/mol. The highest BCUT2D eigenvalue weighted by atomic mass is 16.5. The lowest BCUT2D eigenvalue weighted by molar-refractivity contribution is -0.137. The molecule has 3 N–H and O–H groups in total. The molecule has 1 aromatic carbocycles. The Bertz CT molecular complexity index is 667. The molecular weight excluding hydrogens is 356 g/mol. The van der Waals surface area contributed by atoms with Crippen molar-refractivity contribution in [2.24, 2.45) is 11.8 Å². The zero-order valence-electron chi connectivity index (χ0n) is 16.5. The van der Waals surface area contributed by atoms with Crippen LogP contribution >= 0.6 is 0 Å². The van der Waals surface area contributed by atoms with Crippen molar-refractivity contribution in [3.8, 4) is 5.75 Å². The van der Waals surface area contributed by atoms with E-state index in [2.05, 4.69) is 0 Å². The number of rotatable bonds is 11. The molecule has 0 amide bonds. The van der Waals surface area contributed by atoms with Gasteiger partial charge in [-0.05, 0) is 68.6 Å². The lowest BCUT2D eigenvalue weighted by Crippen LogP contribution is -2.19. The Hall–Kier alpha value is -2.11. The summed E-state index contributed by atoms with van der Waals surface area (Å²) in [5.41, 5.74) is 1.11. The van der Waals surface area contributed by atoms with E-state index >= 15 is 0 Å². The van der Waals surface area contributed by atoms with Gasteiger partial charge in [-0.25, -0.2) is 0 Å². The minimum atomic E-state index is -0.769. The van der Waals surface area contributed by atoms with Gasteiger partial charge < -0.3 is 20.1 Å². The van der Waals surface area contributed by atoms with Crippen molar-refractivity contribution in [3.63, 3.8) is 0 Å². The van der Waals surface area contributed by atoms with Crippen molar-refractivity contribution >= 4 is 5.97 Å². The Balaban J connectivity index is 1.76. The summed E-state index contributed by atoms with van der Waals surface area (Å²) in [6.45, 7) is 2.19.